The maximum absolute atomic E-state index is 13.3. The lowest BCUT2D eigenvalue weighted by atomic mass is 9.85. The van der Waals surface area contributed by atoms with Gasteiger partial charge in [0.15, 0.2) is 0 Å². The van der Waals surface area contributed by atoms with Crippen LogP contribution in [0.15, 0.2) is 24.3 Å². The zero-order valence-corrected chi connectivity index (χ0v) is 22.8. The summed E-state index contributed by atoms with van der Waals surface area (Å²) in [5.74, 6) is 0.883. The van der Waals surface area contributed by atoms with Gasteiger partial charge in [-0.05, 0) is 49.9 Å². The zero-order chi connectivity index (χ0) is 25.8. The van der Waals surface area contributed by atoms with E-state index in [0.717, 1.165) is 37.9 Å². The van der Waals surface area contributed by atoms with E-state index < -0.39 is 0 Å². The molecule has 202 valence electrons. The van der Waals surface area contributed by atoms with Crippen molar-refractivity contribution in [3.63, 3.8) is 0 Å². The minimum Gasteiger partial charge on any atom is -0.371 e. The fraction of sp³-hybridized carbons (Fsp3) is 0.714. The summed E-state index contributed by atoms with van der Waals surface area (Å²) in [6.07, 6.45) is 9.75. The van der Waals surface area contributed by atoms with Crippen molar-refractivity contribution < 1.29 is 14.3 Å². The van der Waals surface area contributed by atoms with Crippen LogP contribution < -0.4 is 16.0 Å². The lowest BCUT2D eigenvalue weighted by Gasteiger charge is -2.38. The number of ether oxygens (including phenoxy) is 1. The molecule has 0 spiro atoms. The first-order valence-corrected chi connectivity index (χ1v) is 14.2. The van der Waals surface area contributed by atoms with E-state index in [-0.39, 0.29) is 30.0 Å². The fourth-order valence-electron chi connectivity index (χ4n) is 5.66. The molecule has 1 aromatic carbocycles. The van der Waals surface area contributed by atoms with Gasteiger partial charge in [0.1, 0.15) is 0 Å². The number of urea groups is 1. The molecule has 0 bridgehead atoms. The van der Waals surface area contributed by atoms with Crippen molar-refractivity contribution in [2.24, 2.45) is 11.8 Å². The maximum Gasteiger partial charge on any atom is 0.317 e. The number of nitrogens with one attached hydrogen (secondary N) is 3. The molecule has 3 rings (SSSR count). The summed E-state index contributed by atoms with van der Waals surface area (Å²) in [6, 6.07) is 7.95. The third-order valence-electron chi connectivity index (χ3n) is 7.51. The largest absolute Gasteiger partial charge is 0.371 e. The average molecular weight is 521 g/mol. The van der Waals surface area contributed by atoms with E-state index in [2.05, 4.69) is 16.0 Å². The minimum absolute atomic E-state index is 0.0165. The number of nitrogens with zero attached hydrogens (tertiary/aromatic N) is 1. The van der Waals surface area contributed by atoms with Crippen molar-refractivity contribution in [3.8, 4) is 0 Å². The summed E-state index contributed by atoms with van der Waals surface area (Å²) >= 11 is 6.30. The molecule has 1 heterocycles. The number of halogens is 1. The Morgan fingerprint density at radius 1 is 1.17 bits per heavy atom. The maximum atomic E-state index is 13.3. The molecular weight excluding hydrogens is 476 g/mol. The lowest BCUT2D eigenvalue weighted by Crippen LogP contribution is -2.52. The predicted octanol–water partition coefficient (Wildman–Crippen LogP) is 4.90. The van der Waals surface area contributed by atoms with Gasteiger partial charge in [-0.2, -0.15) is 0 Å². The molecule has 3 amide bonds. The highest BCUT2D eigenvalue weighted by molar-refractivity contribution is 6.30. The van der Waals surface area contributed by atoms with Crippen molar-refractivity contribution in [2.45, 2.75) is 76.9 Å². The van der Waals surface area contributed by atoms with Crippen LogP contribution in [0, 0.1) is 11.8 Å². The first-order chi connectivity index (χ1) is 17.5. The lowest BCUT2D eigenvalue weighted by molar-refractivity contribution is -0.121. The van der Waals surface area contributed by atoms with Crippen LogP contribution in [0.3, 0.4) is 0 Å². The first kappa shape index (κ1) is 28.7. The van der Waals surface area contributed by atoms with Gasteiger partial charge in [-0.25, -0.2) is 4.79 Å². The Morgan fingerprint density at radius 2 is 1.97 bits per heavy atom. The van der Waals surface area contributed by atoms with Gasteiger partial charge in [-0.1, -0.05) is 62.8 Å². The molecule has 1 saturated heterocycles. The second-order valence-corrected chi connectivity index (χ2v) is 10.8. The molecule has 0 radical (unpaired) electrons. The van der Waals surface area contributed by atoms with Gasteiger partial charge in [0.05, 0.1) is 12.7 Å². The van der Waals surface area contributed by atoms with Crippen LogP contribution in [0.25, 0.3) is 0 Å². The number of benzene rings is 1. The molecule has 1 aliphatic heterocycles. The average Bonchev–Trinajstić information content (AvgIpc) is 2.89. The Hall–Kier alpha value is -1.83. The van der Waals surface area contributed by atoms with Crippen LogP contribution in [0.1, 0.15) is 76.4 Å². The molecule has 2 aliphatic rings. The second-order valence-electron chi connectivity index (χ2n) is 10.3. The van der Waals surface area contributed by atoms with Gasteiger partial charge in [-0.3, -0.25) is 4.79 Å². The molecule has 0 aromatic heterocycles. The van der Waals surface area contributed by atoms with Crippen molar-refractivity contribution in [1.82, 2.24) is 20.9 Å². The number of amides is 3. The zero-order valence-electron chi connectivity index (χ0n) is 22.1. The van der Waals surface area contributed by atoms with E-state index in [9.17, 15) is 9.59 Å². The molecule has 8 heteroatoms. The molecule has 36 heavy (non-hydrogen) atoms. The molecule has 7 nitrogen and oxygen atoms in total. The topological polar surface area (TPSA) is 82.7 Å². The van der Waals surface area contributed by atoms with Gasteiger partial charge in [-0.15, -0.1) is 0 Å². The fourth-order valence-corrected chi connectivity index (χ4v) is 5.86. The molecule has 3 N–H and O–H groups in total. The summed E-state index contributed by atoms with van der Waals surface area (Å²) in [5.41, 5.74) is 1.02. The number of carbonyl (C=O) groups is 2. The Balaban J connectivity index is 1.62. The highest BCUT2D eigenvalue weighted by Gasteiger charge is 2.32. The number of hydrogen-bond acceptors (Lipinski definition) is 4. The standard InChI is InChI=1S/C28H45ClN4O3/c1-3-26(34)31-14-16-36-27(22-11-7-13-24(29)18-22)23-12-8-15-33(20-23)28(35)32-25(19-30-2)17-21-9-5-4-6-10-21/h7,11,13,18,21,23,25,27,30H,3-6,8-10,12,14-17,19-20H2,1-2H3,(H,31,34)(H,32,35)/t23-,25?,27+/m1/s1. The van der Waals surface area contributed by atoms with E-state index >= 15 is 0 Å². The third kappa shape index (κ3) is 9.24. The van der Waals surface area contributed by atoms with Crippen LogP contribution in [-0.2, 0) is 9.53 Å². The van der Waals surface area contributed by atoms with E-state index in [1.54, 1.807) is 0 Å². The SMILES string of the molecule is CCC(=O)NCCO[C@@H](c1cccc(Cl)c1)[C@@H]1CCCN(C(=O)NC(CNC)CC2CCCCC2)C1. The monoisotopic (exact) mass is 520 g/mol. The summed E-state index contributed by atoms with van der Waals surface area (Å²) in [6.45, 7) is 4.90. The second kappa shape index (κ2) is 15.4. The van der Waals surface area contributed by atoms with E-state index in [1.807, 2.05) is 43.1 Å². The van der Waals surface area contributed by atoms with Crippen LogP contribution in [0.4, 0.5) is 4.79 Å². The summed E-state index contributed by atoms with van der Waals surface area (Å²) in [7, 11) is 1.95. The van der Waals surface area contributed by atoms with Crippen molar-refractivity contribution in [1.29, 1.82) is 0 Å². The normalized spacial score (nSPS) is 20.5. The third-order valence-corrected chi connectivity index (χ3v) is 7.75. The summed E-state index contributed by atoms with van der Waals surface area (Å²) in [4.78, 5) is 26.9. The summed E-state index contributed by atoms with van der Waals surface area (Å²) in [5, 5.41) is 10.1. The number of hydrogen-bond donors (Lipinski definition) is 3. The molecule has 1 aromatic rings. The van der Waals surface area contributed by atoms with Crippen molar-refractivity contribution >= 4 is 23.5 Å². The molecule has 1 unspecified atom stereocenters. The molecular formula is C28H45ClN4O3. The van der Waals surface area contributed by atoms with Crippen molar-refractivity contribution in [3.05, 3.63) is 34.9 Å². The first-order valence-electron chi connectivity index (χ1n) is 13.8. The summed E-state index contributed by atoms with van der Waals surface area (Å²) < 4.78 is 6.32. The van der Waals surface area contributed by atoms with Gasteiger partial charge in [0, 0.05) is 49.6 Å². The van der Waals surface area contributed by atoms with Gasteiger partial charge in [0.2, 0.25) is 5.91 Å². The Labute approximate surface area is 222 Å². The van der Waals surface area contributed by atoms with E-state index in [1.165, 1.54) is 32.1 Å². The van der Waals surface area contributed by atoms with Gasteiger partial charge in [0.25, 0.3) is 0 Å². The highest BCUT2D eigenvalue weighted by atomic mass is 35.5. The quantitative estimate of drug-likeness (QED) is 0.342. The van der Waals surface area contributed by atoms with Crippen LogP contribution in [0.2, 0.25) is 5.02 Å². The molecule has 1 aliphatic carbocycles. The van der Waals surface area contributed by atoms with Crippen molar-refractivity contribution in [2.75, 3.05) is 39.8 Å². The molecule has 3 atom stereocenters. The van der Waals surface area contributed by atoms with Gasteiger partial charge < -0.3 is 25.6 Å². The number of rotatable bonds is 12. The molecule has 2 fully saturated rings. The Kier molecular flexibility index (Phi) is 12.3. The highest BCUT2D eigenvalue weighted by Crippen LogP contribution is 2.34. The number of likely N-dealkylation sites (N-methyl/N-ethyl adjacent to an activating group) is 1. The van der Waals surface area contributed by atoms with Crippen LogP contribution >= 0.6 is 11.6 Å². The smallest absolute Gasteiger partial charge is 0.317 e. The number of piperidine rings is 1. The molecule has 1 saturated carbocycles. The number of likely N-dealkylation sites (tertiary alicyclic amines) is 1. The van der Waals surface area contributed by atoms with Gasteiger partial charge >= 0.3 is 6.03 Å². The van der Waals surface area contributed by atoms with Crippen LogP contribution in [-0.4, -0.2) is 62.7 Å². The predicted molar refractivity (Wildman–Crippen MR) is 145 cm³/mol. The minimum atomic E-state index is -0.187. The number of carbonyl (C=O) groups excluding carboxylic acids is 2. The van der Waals surface area contributed by atoms with E-state index in [0.29, 0.717) is 37.1 Å². The van der Waals surface area contributed by atoms with Crippen LogP contribution in [0.5, 0.6) is 0 Å². The van der Waals surface area contributed by atoms with E-state index in [4.69, 9.17) is 16.3 Å². The Bertz CT molecular complexity index is 818. The Morgan fingerprint density at radius 3 is 2.69 bits per heavy atom.